The lowest BCUT2D eigenvalue weighted by Gasteiger charge is -2.40. The Kier molecular flexibility index (Phi) is 6.92. The minimum atomic E-state index is -4.51. The quantitative estimate of drug-likeness (QED) is 0.557. The number of alkyl halides is 3. The van der Waals surface area contributed by atoms with Crippen molar-refractivity contribution in [2.75, 3.05) is 37.6 Å². The van der Waals surface area contributed by atoms with E-state index in [-0.39, 0.29) is 31.1 Å². The van der Waals surface area contributed by atoms with Gasteiger partial charge in [-0.3, -0.25) is 4.79 Å². The summed E-state index contributed by atoms with van der Waals surface area (Å²) in [6, 6.07) is 7.19. The number of rotatable bonds is 6. The Morgan fingerprint density at radius 2 is 1.80 bits per heavy atom. The molecule has 2 saturated heterocycles. The lowest BCUT2D eigenvalue weighted by atomic mass is 10.1. The van der Waals surface area contributed by atoms with Crippen LogP contribution in [0.5, 0.6) is 0 Å². The molecule has 0 N–H and O–H groups in total. The number of aromatic nitrogens is 1. The smallest absolute Gasteiger partial charge is 0.356 e. The van der Waals surface area contributed by atoms with E-state index in [9.17, 15) is 26.4 Å². The first-order chi connectivity index (χ1) is 16.5. The van der Waals surface area contributed by atoms with Gasteiger partial charge in [-0.15, -0.1) is 6.58 Å². The largest absolute Gasteiger partial charge is 0.416 e. The van der Waals surface area contributed by atoms with Crippen LogP contribution in [-0.4, -0.2) is 67.3 Å². The number of nitrogens with zero attached hydrogens (tertiary/aromatic N) is 4. The molecule has 0 spiro atoms. The number of sulfonamides is 1. The van der Waals surface area contributed by atoms with Crippen molar-refractivity contribution < 1.29 is 26.4 Å². The van der Waals surface area contributed by atoms with Crippen LogP contribution in [0.15, 0.2) is 55.3 Å². The van der Waals surface area contributed by atoms with Crippen LogP contribution >= 0.6 is 0 Å². The zero-order valence-corrected chi connectivity index (χ0v) is 20.1. The van der Waals surface area contributed by atoms with E-state index in [0.29, 0.717) is 5.56 Å². The van der Waals surface area contributed by atoms with Crippen LogP contribution in [-0.2, 0) is 16.2 Å². The first kappa shape index (κ1) is 25.2. The van der Waals surface area contributed by atoms with Gasteiger partial charge in [0.05, 0.1) is 11.1 Å². The summed E-state index contributed by atoms with van der Waals surface area (Å²) >= 11 is 0. The lowest BCUT2D eigenvalue weighted by Crippen LogP contribution is -2.55. The minimum absolute atomic E-state index is 0.0678. The van der Waals surface area contributed by atoms with Gasteiger partial charge in [0.25, 0.3) is 5.91 Å². The van der Waals surface area contributed by atoms with Crippen molar-refractivity contribution in [2.45, 2.75) is 30.8 Å². The van der Waals surface area contributed by atoms with E-state index in [2.05, 4.69) is 16.5 Å². The van der Waals surface area contributed by atoms with Gasteiger partial charge in [0.2, 0.25) is 10.0 Å². The maximum absolute atomic E-state index is 13.3. The molecule has 4 rings (SSSR count). The van der Waals surface area contributed by atoms with Crippen molar-refractivity contribution in [1.29, 1.82) is 0 Å². The van der Waals surface area contributed by atoms with Crippen LogP contribution in [0.1, 0.15) is 40.1 Å². The Labute approximate surface area is 202 Å². The highest BCUT2D eigenvalue weighted by molar-refractivity contribution is 7.89. The van der Waals surface area contributed by atoms with E-state index >= 15 is 0 Å². The summed E-state index contributed by atoms with van der Waals surface area (Å²) in [5.74, 6) is 0.607. The van der Waals surface area contributed by atoms with Crippen LogP contribution in [0.2, 0.25) is 0 Å². The van der Waals surface area contributed by atoms with Crippen molar-refractivity contribution >= 4 is 21.7 Å². The van der Waals surface area contributed by atoms with Gasteiger partial charge >= 0.3 is 6.18 Å². The third kappa shape index (κ3) is 5.06. The second-order valence-electron chi connectivity index (χ2n) is 8.77. The molecule has 1 aromatic carbocycles. The molecule has 188 valence electrons. The normalized spacial score (nSPS) is 20.3. The maximum atomic E-state index is 13.3. The summed E-state index contributed by atoms with van der Waals surface area (Å²) in [4.78, 5) is 21.2. The molecule has 2 fully saturated rings. The molecule has 1 aromatic heterocycles. The number of hydrogen-bond acceptors (Lipinski definition) is 5. The summed E-state index contributed by atoms with van der Waals surface area (Å²) in [7, 11) is -3.96. The Hall–Kier alpha value is -2.92. The SMILES string of the molecule is C=CC(c1ccc(C(F)(F)F)cc1)S(=O)(=O)N1CCN(C(=O)c2ccc(N3CCC3)nc2)C(C)C1. The van der Waals surface area contributed by atoms with Gasteiger partial charge in [-0.25, -0.2) is 13.4 Å². The van der Waals surface area contributed by atoms with E-state index in [0.717, 1.165) is 49.6 Å². The summed E-state index contributed by atoms with van der Waals surface area (Å²) in [5, 5.41) is -1.20. The van der Waals surface area contributed by atoms with Gasteiger partial charge in [-0.05, 0) is 43.2 Å². The number of piperazine rings is 1. The average molecular weight is 509 g/mol. The van der Waals surface area contributed by atoms with Crippen LogP contribution < -0.4 is 4.90 Å². The van der Waals surface area contributed by atoms with Crippen molar-refractivity contribution in [3.63, 3.8) is 0 Å². The molecule has 2 atom stereocenters. The van der Waals surface area contributed by atoms with E-state index in [4.69, 9.17) is 0 Å². The molecule has 0 bridgehead atoms. The van der Waals surface area contributed by atoms with Crippen LogP contribution in [0.3, 0.4) is 0 Å². The summed E-state index contributed by atoms with van der Waals surface area (Å²) in [6.07, 6.45) is -0.627. The number of carbonyl (C=O) groups is 1. The number of benzene rings is 1. The molecule has 0 saturated carbocycles. The molecule has 2 aliphatic rings. The molecule has 35 heavy (non-hydrogen) atoms. The zero-order chi connectivity index (χ0) is 25.4. The molecular weight excluding hydrogens is 481 g/mol. The van der Waals surface area contributed by atoms with E-state index in [1.807, 2.05) is 6.07 Å². The summed E-state index contributed by atoms with van der Waals surface area (Å²) < 4.78 is 66.6. The van der Waals surface area contributed by atoms with Crippen molar-refractivity contribution in [1.82, 2.24) is 14.2 Å². The van der Waals surface area contributed by atoms with Gasteiger partial charge in [-0.2, -0.15) is 17.5 Å². The van der Waals surface area contributed by atoms with Crippen LogP contribution in [0.25, 0.3) is 0 Å². The Morgan fingerprint density at radius 1 is 1.11 bits per heavy atom. The lowest BCUT2D eigenvalue weighted by molar-refractivity contribution is -0.137. The second kappa shape index (κ2) is 9.62. The van der Waals surface area contributed by atoms with Gasteiger partial charge < -0.3 is 9.80 Å². The predicted octanol–water partition coefficient (Wildman–Crippen LogP) is 3.71. The maximum Gasteiger partial charge on any atom is 0.416 e. The minimum Gasteiger partial charge on any atom is -0.356 e. The topological polar surface area (TPSA) is 73.8 Å². The molecule has 2 aliphatic heterocycles. The molecule has 0 radical (unpaired) electrons. The monoisotopic (exact) mass is 508 g/mol. The highest BCUT2D eigenvalue weighted by atomic mass is 32.2. The Bertz CT molecular complexity index is 1180. The fourth-order valence-corrected chi connectivity index (χ4v) is 6.14. The fourth-order valence-electron chi connectivity index (χ4n) is 4.32. The van der Waals surface area contributed by atoms with E-state index in [1.165, 1.54) is 10.4 Å². The molecule has 2 unspecified atom stereocenters. The molecule has 11 heteroatoms. The summed E-state index contributed by atoms with van der Waals surface area (Å²) in [6.45, 7) is 7.59. The van der Waals surface area contributed by atoms with E-state index < -0.39 is 33.1 Å². The molecule has 1 amide bonds. The number of pyridine rings is 1. The highest BCUT2D eigenvalue weighted by Gasteiger charge is 2.38. The molecular formula is C24H27F3N4O3S. The van der Waals surface area contributed by atoms with Gasteiger partial charge in [-0.1, -0.05) is 18.2 Å². The second-order valence-corrected chi connectivity index (χ2v) is 10.8. The van der Waals surface area contributed by atoms with Crippen LogP contribution in [0.4, 0.5) is 19.0 Å². The third-order valence-electron chi connectivity index (χ3n) is 6.49. The number of carbonyl (C=O) groups excluding carboxylic acids is 1. The van der Waals surface area contributed by atoms with Crippen molar-refractivity contribution in [2.24, 2.45) is 0 Å². The predicted molar refractivity (Wildman–Crippen MR) is 126 cm³/mol. The van der Waals surface area contributed by atoms with E-state index in [1.54, 1.807) is 24.1 Å². The standard InChI is InChI=1S/C24H27F3N4O3S/c1-3-21(18-5-8-20(9-6-18)24(25,26)27)35(33,34)30-13-14-31(17(2)16-30)23(32)19-7-10-22(28-15-19)29-11-4-12-29/h3,5-10,15,17,21H,1,4,11-14,16H2,2H3. The molecule has 0 aliphatic carbocycles. The van der Waals surface area contributed by atoms with Gasteiger partial charge in [0.1, 0.15) is 11.1 Å². The Morgan fingerprint density at radius 3 is 2.29 bits per heavy atom. The summed E-state index contributed by atoms with van der Waals surface area (Å²) in [5.41, 5.74) is -0.215. The fraction of sp³-hybridized carbons (Fsp3) is 0.417. The molecule has 2 aromatic rings. The van der Waals surface area contributed by atoms with Crippen molar-refractivity contribution in [3.05, 3.63) is 71.9 Å². The molecule has 3 heterocycles. The first-order valence-electron chi connectivity index (χ1n) is 11.3. The van der Waals surface area contributed by atoms with Gasteiger partial charge in [0, 0.05) is 45.0 Å². The molecule has 7 nitrogen and oxygen atoms in total. The first-order valence-corrected chi connectivity index (χ1v) is 12.8. The van der Waals surface area contributed by atoms with Gasteiger partial charge in [0.15, 0.2) is 0 Å². The zero-order valence-electron chi connectivity index (χ0n) is 19.3. The average Bonchev–Trinajstić information content (AvgIpc) is 2.78. The van der Waals surface area contributed by atoms with Crippen LogP contribution in [0, 0.1) is 0 Å². The number of anilines is 1. The Balaban J connectivity index is 1.45. The number of amides is 1. The van der Waals surface area contributed by atoms with Crippen molar-refractivity contribution in [3.8, 4) is 0 Å². The number of halogens is 3. The number of hydrogen-bond donors (Lipinski definition) is 0. The third-order valence-corrected chi connectivity index (χ3v) is 8.65. The highest BCUT2D eigenvalue weighted by Crippen LogP contribution is 2.33.